The summed E-state index contributed by atoms with van der Waals surface area (Å²) in [7, 11) is 0. The van der Waals surface area contributed by atoms with Crippen molar-refractivity contribution in [1.82, 2.24) is 9.97 Å². The van der Waals surface area contributed by atoms with Crippen molar-refractivity contribution in [2.24, 2.45) is 5.18 Å². The minimum atomic E-state index is -0.671. The van der Waals surface area contributed by atoms with Crippen LogP contribution in [0.15, 0.2) is 28.2 Å². The fraction of sp³-hybridized carbons (Fsp3) is 0.286. The summed E-state index contributed by atoms with van der Waals surface area (Å²) in [4.78, 5) is 28.8. The van der Waals surface area contributed by atoms with Crippen molar-refractivity contribution in [3.05, 3.63) is 39.0 Å². The van der Waals surface area contributed by atoms with Gasteiger partial charge < -0.3 is 15.5 Å². The molecule has 0 unspecified atom stereocenters. The average molecular weight is 288 g/mol. The van der Waals surface area contributed by atoms with Gasteiger partial charge in [0.05, 0.1) is 12.2 Å². The molecule has 7 nitrogen and oxygen atoms in total. The number of H-pyrrole nitrogens is 1. The molecule has 0 fully saturated rings. The van der Waals surface area contributed by atoms with Crippen LogP contribution < -0.4 is 16.0 Å². The third-order valence-electron chi connectivity index (χ3n) is 2.87. The van der Waals surface area contributed by atoms with Crippen LogP contribution in [-0.4, -0.2) is 16.6 Å². The van der Waals surface area contributed by atoms with Crippen LogP contribution in [0.3, 0.4) is 0 Å². The van der Waals surface area contributed by atoms with Gasteiger partial charge in [-0.2, -0.15) is 0 Å². The van der Waals surface area contributed by atoms with Gasteiger partial charge in [0.2, 0.25) is 5.69 Å². The SMILES string of the molecule is CCCOc1ccc(C)cc1-c1nc(N)c(N=O)c(=O)[nH]1. The summed E-state index contributed by atoms with van der Waals surface area (Å²) >= 11 is 0. The highest BCUT2D eigenvalue weighted by molar-refractivity contribution is 5.68. The van der Waals surface area contributed by atoms with Crippen molar-refractivity contribution < 1.29 is 4.74 Å². The number of nitroso groups, excluding NO2 is 1. The Morgan fingerprint density at radius 2 is 2.19 bits per heavy atom. The molecule has 0 saturated carbocycles. The topological polar surface area (TPSA) is 110 Å². The molecule has 1 aromatic heterocycles. The Morgan fingerprint density at radius 3 is 2.81 bits per heavy atom. The van der Waals surface area contributed by atoms with Crippen molar-refractivity contribution in [2.45, 2.75) is 20.3 Å². The molecule has 0 bridgehead atoms. The van der Waals surface area contributed by atoms with Crippen LogP contribution in [0.5, 0.6) is 5.75 Å². The predicted molar refractivity (Wildman–Crippen MR) is 80.7 cm³/mol. The summed E-state index contributed by atoms with van der Waals surface area (Å²) in [6.45, 7) is 4.45. The fourth-order valence-corrected chi connectivity index (χ4v) is 1.87. The van der Waals surface area contributed by atoms with Gasteiger partial charge in [-0.3, -0.25) is 4.79 Å². The second kappa shape index (κ2) is 6.17. The number of nitrogens with zero attached hydrogens (tertiary/aromatic N) is 2. The lowest BCUT2D eigenvalue weighted by Crippen LogP contribution is -2.12. The Kier molecular flexibility index (Phi) is 4.32. The minimum Gasteiger partial charge on any atom is -0.493 e. The molecule has 0 radical (unpaired) electrons. The zero-order valence-corrected chi connectivity index (χ0v) is 11.8. The number of nitrogens with one attached hydrogen (secondary N) is 1. The van der Waals surface area contributed by atoms with E-state index in [4.69, 9.17) is 10.5 Å². The Labute approximate surface area is 121 Å². The number of aryl methyl sites for hydroxylation is 1. The number of anilines is 1. The van der Waals surface area contributed by atoms with E-state index in [9.17, 15) is 9.70 Å². The maximum absolute atomic E-state index is 11.8. The number of benzene rings is 1. The van der Waals surface area contributed by atoms with E-state index >= 15 is 0 Å². The zero-order chi connectivity index (χ0) is 15.4. The molecule has 0 saturated heterocycles. The molecule has 2 rings (SSSR count). The number of aromatic nitrogens is 2. The van der Waals surface area contributed by atoms with Crippen LogP contribution in [0.4, 0.5) is 11.5 Å². The minimum absolute atomic E-state index is 0.202. The average Bonchev–Trinajstić information content (AvgIpc) is 2.45. The second-order valence-corrected chi connectivity index (χ2v) is 4.59. The van der Waals surface area contributed by atoms with Gasteiger partial charge in [0.25, 0.3) is 5.56 Å². The molecule has 1 aromatic carbocycles. The van der Waals surface area contributed by atoms with Crippen LogP contribution in [0, 0.1) is 11.8 Å². The number of hydrogen-bond acceptors (Lipinski definition) is 6. The summed E-state index contributed by atoms with van der Waals surface area (Å²) in [6.07, 6.45) is 0.855. The van der Waals surface area contributed by atoms with Gasteiger partial charge in [0, 0.05) is 0 Å². The Hall–Kier alpha value is -2.70. The highest BCUT2D eigenvalue weighted by Crippen LogP contribution is 2.29. The van der Waals surface area contributed by atoms with Crippen LogP contribution in [0.25, 0.3) is 11.4 Å². The van der Waals surface area contributed by atoms with E-state index in [1.807, 2.05) is 32.0 Å². The van der Waals surface area contributed by atoms with Crippen molar-refractivity contribution in [3.63, 3.8) is 0 Å². The van der Waals surface area contributed by atoms with E-state index in [1.165, 1.54) is 0 Å². The molecule has 3 N–H and O–H groups in total. The Balaban J connectivity index is 2.57. The summed E-state index contributed by atoms with van der Waals surface area (Å²) < 4.78 is 5.64. The molecule has 1 heterocycles. The molecule has 110 valence electrons. The summed E-state index contributed by atoms with van der Waals surface area (Å²) in [5.74, 6) is 0.642. The molecule has 0 aliphatic heterocycles. The molecular weight excluding hydrogens is 272 g/mol. The van der Waals surface area contributed by atoms with Crippen molar-refractivity contribution >= 4 is 11.5 Å². The molecule has 0 aliphatic carbocycles. The maximum atomic E-state index is 11.8. The van der Waals surface area contributed by atoms with E-state index in [1.54, 1.807) is 0 Å². The second-order valence-electron chi connectivity index (χ2n) is 4.59. The van der Waals surface area contributed by atoms with Gasteiger partial charge >= 0.3 is 0 Å². The van der Waals surface area contributed by atoms with E-state index in [-0.39, 0.29) is 11.6 Å². The van der Waals surface area contributed by atoms with Crippen LogP contribution in [0.2, 0.25) is 0 Å². The van der Waals surface area contributed by atoms with Gasteiger partial charge in [0.15, 0.2) is 5.82 Å². The number of nitrogen functional groups attached to an aromatic ring is 1. The first-order valence-corrected chi connectivity index (χ1v) is 6.53. The summed E-state index contributed by atoms with van der Waals surface area (Å²) in [6, 6.07) is 5.54. The molecule has 0 atom stereocenters. The van der Waals surface area contributed by atoms with Gasteiger partial charge in [-0.1, -0.05) is 18.6 Å². The largest absolute Gasteiger partial charge is 0.493 e. The van der Waals surface area contributed by atoms with Crippen LogP contribution in [0.1, 0.15) is 18.9 Å². The quantitative estimate of drug-likeness (QED) is 0.821. The van der Waals surface area contributed by atoms with Gasteiger partial charge in [0.1, 0.15) is 11.6 Å². The van der Waals surface area contributed by atoms with E-state index < -0.39 is 11.2 Å². The molecule has 0 spiro atoms. The molecule has 0 amide bonds. The number of nitrogens with two attached hydrogens (primary N) is 1. The third kappa shape index (κ3) is 3.07. The summed E-state index contributed by atoms with van der Waals surface area (Å²) in [5.41, 5.74) is 6.10. The van der Waals surface area contributed by atoms with E-state index in [0.29, 0.717) is 17.9 Å². The van der Waals surface area contributed by atoms with Crippen molar-refractivity contribution in [2.75, 3.05) is 12.3 Å². The normalized spacial score (nSPS) is 10.4. The van der Waals surface area contributed by atoms with Gasteiger partial charge in [-0.25, -0.2) is 4.98 Å². The first kappa shape index (κ1) is 14.7. The molecule has 0 aliphatic rings. The molecular formula is C14H16N4O3. The third-order valence-corrected chi connectivity index (χ3v) is 2.87. The monoisotopic (exact) mass is 288 g/mol. The fourth-order valence-electron chi connectivity index (χ4n) is 1.87. The predicted octanol–water partition coefficient (Wildman–Crippen LogP) is 2.51. The number of hydrogen-bond donors (Lipinski definition) is 2. The maximum Gasteiger partial charge on any atom is 0.282 e. The number of ether oxygens (including phenoxy) is 1. The zero-order valence-electron chi connectivity index (χ0n) is 11.8. The number of aromatic amines is 1. The van der Waals surface area contributed by atoms with Gasteiger partial charge in [-0.05, 0) is 30.7 Å². The van der Waals surface area contributed by atoms with Crippen LogP contribution >= 0.6 is 0 Å². The highest BCUT2D eigenvalue weighted by atomic mass is 16.5. The number of rotatable bonds is 5. The van der Waals surface area contributed by atoms with Crippen molar-refractivity contribution in [3.8, 4) is 17.1 Å². The highest BCUT2D eigenvalue weighted by Gasteiger charge is 2.14. The van der Waals surface area contributed by atoms with E-state index in [0.717, 1.165) is 12.0 Å². The lowest BCUT2D eigenvalue weighted by molar-refractivity contribution is 0.318. The Morgan fingerprint density at radius 1 is 1.43 bits per heavy atom. The molecule has 7 heteroatoms. The van der Waals surface area contributed by atoms with Crippen LogP contribution in [-0.2, 0) is 0 Å². The van der Waals surface area contributed by atoms with E-state index in [2.05, 4.69) is 15.1 Å². The molecule has 21 heavy (non-hydrogen) atoms. The summed E-state index contributed by atoms with van der Waals surface area (Å²) in [5, 5.41) is 2.58. The Bertz CT molecular complexity index is 725. The van der Waals surface area contributed by atoms with Crippen molar-refractivity contribution in [1.29, 1.82) is 0 Å². The standard InChI is InChI=1S/C14H16N4O3/c1-3-6-21-10-5-4-8(2)7-9(10)13-16-12(15)11(18-20)14(19)17-13/h4-5,7H,3,6H2,1-2H3,(H3,15,16,17,19). The van der Waals surface area contributed by atoms with Gasteiger partial charge in [-0.15, -0.1) is 4.91 Å². The smallest absolute Gasteiger partial charge is 0.282 e. The lowest BCUT2D eigenvalue weighted by atomic mass is 10.1. The first-order valence-electron chi connectivity index (χ1n) is 6.53. The first-order chi connectivity index (χ1) is 10.1. The molecule has 2 aromatic rings. The lowest BCUT2D eigenvalue weighted by Gasteiger charge is -2.11.